The summed E-state index contributed by atoms with van der Waals surface area (Å²) < 4.78 is 1.55. The van der Waals surface area contributed by atoms with E-state index in [1.807, 2.05) is 13.8 Å². The summed E-state index contributed by atoms with van der Waals surface area (Å²) in [7, 11) is 0. The van der Waals surface area contributed by atoms with Crippen molar-refractivity contribution in [1.82, 2.24) is 9.78 Å². The molecule has 8 nitrogen and oxygen atoms in total. The maximum absolute atomic E-state index is 11.2. The molecule has 0 aromatic carbocycles. The minimum absolute atomic E-state index is 0.0741. The molecule has 0 amide bonds. The van der Waals surface area contributed by atoms with E-state index in [-0.39, 0.29) is 18.2 Å². The van der Waals surface area contributed by atoms with Gasteiger partial charge in [0, 0.05) is 12.6 Å². The van der Waals surface area contributed by atoms with Crippen LogP contribution in [0.15, 0.2) is 0 Å². The molecule has 2 N–H and O–H groups in total. The van der Waals surface area contributed by atoms with Crippen molar-refractivity contribution in [3.05, 3.63) is 15.8 Å². The van der Waals surface area contributed by atoms with E-state index in [4.69, 9.17) is 5.11 Å². The number of rotatable bonds is 9. The van der Waals surface area contributed by atoms with Crippen LogP contribution in [0.2, 0.25) is 0 Å². The van der Waals surface area contributed by atoms with Gasteiger partial charge in [0.25, 0.3) is 0 Å². The number of hydrogen-bond acceptors (Lipinski definition) is 5. The summed E-state index contributed by atoms with van der Waals surface area (Å²) >= 11 is 0. The Kier molecular flexibility index (Phi) is 6.13. The Morgan fingerprint density at radius 2 is 2.14 bits per heavy atom. The first-order valence-corrected chi connectivity index (χ1v) is 7.10. The van der Waals surface area contributed by atoms with Gasteiger partial charge in [-0.25, -0.2) is 4.68 Å². The van der Waals surface area contributed by atoms with Crippen LogP contribution in [0.4, 0.5) is 11.5 Å². The van der Waals surface area contributed by atoms with Gasteiger partial charge < -0.3 is 10.4 Å². The number of aryl methyl sites for hydroxylation is 2. The summed E-state index contributed by atoms with van der Waals surface area (Å²) in [6.07, 6.45) is 2.12. The molecule has 0 aliphatic heterocycles. The van der Waals surface area contributed by atoms with E-state index in [1.165, 1.54) is 0 Å². The van der Waals surface area contributed by atoms with E-state index >= 15 is 0 Å². The third kappa shape index (κ3) is 4.44. The van der Waals surface area contributed by atoms with Crippen LogP contribution in [-0.2, 0) is 11.3 Å². The Morgan fingerprint density at radius 3 is 2.62 bits per heavy atom. The van der Waals surface area contributed by atoms with E-state index in [1.54, 1.807) is 11.6 Å². The van der Waals surface area contributed by atoms with Gasteiger partial charge in [-0.2, -0.15) is 5.10 Å². The lowest BCUT2D eigenvalue weighted by Gasteiger charge is -2.17. The Morgan fingerprint density at radius 1 is 1.48 bits per heavy atom. The molecule has 1 aromatic rings. The zero-order valence-electron chi connectivity index (χ0n) is 12.6. The molecule has 1 rings (SSSR count). The number of carboxylic acid groups (broad SMARTS) is 1. The summed E-state index contributed by atoms with van der Waals surface area (Å²) in [4.78, 5) is 21.7. The predicted molar refractivity (Wildman–Crippen MR) is 78.5 cm³/mol. The molecule has 8 heteroatoms. The van der Waals surface area contributed by atoms with E-state index < -0.39 is 10.9 Å². The van der Waals surface area contributed by atoms with E-state index in [0.717, 1.165) is 12.8 Å². The van der Waals surface area contributed by atoms with Crippen molar-refractivity contribution in [3.63, 3.8) is 0 Å². The highest BCUT2D eigenvalue weighted by molar-refractivity contribution is 5.69. The van der Waals surface area contributed by atoms with Gasteiger partial charge in [-0.1, -0.05) is 20.3 Å². The fourth-order valence-electron chi connectivity index (χ4n) is 2.28. The number of nitro groups is 1. The minimum atomic E-state index is -0.929. The molecule has 1 atom stereocenters. The van der Waals surface area contributed by atoms with Crippen LogP contribution in [0.5, 0.6) is 0 Å². The Labute approximate surface area is 123 Å². The highest BCUT2D eigenvalue weighted by Crippen LogP contribution is 2.29. The van der Waals surface area contributed by atoms with Crippen molar-refractivity contribution in [1.29, 1.82) is 0 Å². The molecule has 118 valence electrons. The number of hydrogen-bond donors (Lipinski definition) is 2. The van der Waals surface area contributed by atoms with Gasteiger partial charge in [-0.15, -0.1) is 0 Å². The molecule has 1 unspecified atom stereocenters. The lowest BCUT2D eigenvalue weighted by atomic mass is 10.1. The summed E-state index contributed by atoms with van der Waals surface area (Å²) in [5, 5.41) is 27.4. The van der Waals surface area contributed by atoms with Gasteiger partial charge >= 0.3 is 11.7 Å². The lowest BCUT2D eigenvalue weighted by Crippen LogP contribution is -2.25. The average molecular weight is 298 g/mol. The van der Waals surface area contributed by atoms with Crippen LogP contribution in [0, 0.1) is 17.0 Å². The van der Waals surface area contributed by atoms with Crippen LogP contribution in [-0.4, -0.2) is 31.8 Å². The maximum Gasteiger partial charge on any atom is 0.333 e. The van der Waals surface area contributed by atoms with E-state index in [9.17, 15) is 14.9 Å². The van der Waals surface area contributed by atoms with Crippen LogP contribution < -0.4 is 5.32 Å². The quantitative estimate of drug-likeness (QED) is 0.535. The first-order chi connectivity index (χ1) is 9.90. The minimum Gasteiger partial charge on any atom is -0.481 e. The van der Waals surface area contributed by atoms with Crippen molar-refractivity contribution in [2.45, 2.75) is 59.0 Å². The van der Waals surface area contributed by atoms with Crippen molar-refractivity contribution in [3.8, 4) is 0 Å². The van der Waals surface area contributed by atoms with E-state index in [2.05, 4.69) is 10.4 Å². The molecule has 1 heterocycles. The summed E-state index contributed by atoms with van der Waals surface area (Å²) in [5.41, 5.74) is 0.261. The van der Waals surface area contributed by atoms with Gasteiger partial charge in [0.1, 0.15) is 5.69 Å². The van der Waals surface area contributed by atoms with Gasteiger partial charge in [0.15, 0.2) is 0 Å². The zero-order valence-corrected chi connectivity index (χ0v) is 12.6. The van der Waals surface area contributed by atoms with Crippen molar-refractivity contribution in [2.75, 3.05) is 5.32 Å². The van der Waals surface area contributed by atoms with Gasteiger partial charge in [0.05, 0.1) is 11.3 Å². The van der Waals surface area contributed by atoms with Crippen LogP contribution in [0.25, 0.3) is 0 Å². The molecule has 21 heavy (non-hydrogen) atoms. The summed E-state index contributed by atoms with van der Waals surface area (Å²) in [6.45, 7) is 6.03. The molecular formula is C13H22N4O4. The topological polar surface area (TPSA) is 110 Å². The second-order valence-corrected chi connectivity index (χ2v) is 4.99. The molecule has 0 spiro atoms. The van der Waals surface area contributed by atoms with E-state index in [0.29, 0.717) is 24.5 Å². The number of carbonyl (C=O) groups is 1. The highest BCUT2D eigenvalue weighted by atomic mass is 16.6. The Balaban J connectivity index is 3.12. The Hall–Kier alpha value is -2.12. The monoisotopic (exact) mass is 298 g/mol. The fraction of sp³-hybridized carbons (Fsp3) is 0.692. The molecule has 0 fully saturated rings. The molecule has 0 aliphatic rings. The number of aliphatic carboxylic acids is 1. The third-order valence-corrected chi connectivity index (χ3v) is 3.11. The second kappa shape index (κ2) is 7.61. The molecule has 0 saturated heterocycles. The molecular weight excluding hydrogens is 276 g/mol. The van der Waals surface area contributed by atoms with Crippen LogP contribution in [0.1, 0.15) is 45.2 Å². The normalized spacial score (nSPS) is 12.1. The number of anilines is 1. The largest absolute Gasteiger partial charge is 0.481 e. The Bertz CT molecular complexity index is 513. The highest BCUT2D eigenvalue weighted by Gasteiger charge is 2.27. The summed E-state index contributed by atoms with van der Waals surface area (Å²) in [5.74, 6) is -0.624. The molecule has 0 radical (unpaired) electrons. The maximum atomic E-state index is 11.2. The molecule has 1 aromatic heterocycles. The van der Waals surface area contributed by atoms with Gasteiger partial charge in [0.2, 0.25) is 5.82 Å². The second-order valence-electron chi connectivity index (χ2n) is 4.99. The lowest BCUT2D eigenvalue weighted by molar-refractivity contribution is -0.384. The van der Waals surface area contributed by atoms with Gasteiger partial charge in [-0.3, -0.25) is 14.9 Å². The number of nitrogens with one attached hydrogen (secondary N) is 1. The molecule has 0 aliphatic carbocycles. The molecule has 0 bridgehead atoms. The fourth-order valence-corrected chi connectivity index (χ4v) is 2.28. The molecule has 0 saturated carbocycles. The zero-order chi connectivity index (χ0) is 16.0. The third-order valence-electron chi connectivity index (χ3n) is 3.11. The smallest absolute Gasteiger partial charge is 0.333 e. The van der Waals surface area contributed by atoms with Gasteiger partial charge in [-0.05, 0) is 19.8 Å². The van der Waals surface area contributed by atoms with Crippen LogP contribution in [0.3, 0.4) is 0 Å². The summed E-state index contributed by atoms with van der Waals surface area (Å²) in [6, 6.07) is -0.349. The first-order valence-electron chi connectivity index (χ1n) is 7.10. The number of carboxylic acids is 1. The number of aromatic nitrogens is 2. The van der Waals surface area contributed by atoms with Crippen LogP contribution >= 0.6 is 0 Å². The predicted octanol–water partition coefficient (Wildman–Crippen LogP) is 2.57. The average Bonchev–Trinajstić information content (AvgIpc) is 2.65. The van der Waals surface area contributed by atoms with Crippen molar-refractivity contribution < 1.29 is 14.8 Å². The standard InChI is InChI=1S/C13H22N4O4/c1-4-6-10(8-11(18)19)14-13-12(17(20)21)9(3)15-16(13)7-5-2/h10,14H,4-8H2,1-3H3,(H,18,19). The van der Waals surface area contributed by atoms with Crippen molar-refractivity contribution in [2.24, 2.45) is 0 Å². The SMILES string of the molecule is CCCC(CC(=O)O)Nc1c([N+](=O)[O-])c(C)nn1CCC. The number of nitrogens with zero attached hydrogens (tertiary/aromatic N) is 3. The first kappa shape index (κ1) is 16.9. The van der Waals surface area contributed by atoms with Crippen molar-refractivity contribution >= 4 is 17.5 Å².